The number of ether oxygens (including phenoxy) is 1. The molecule has 2 aliphatic heterocycles. The van der Waals surface area contributed by atoms with E-state index in [2.05, 4.69) is 5.32 Å². The van der Waals surface area contributed by atoms with E-state index in [9.17, 15) is 13.6 Å². The lowest BCUT2D eigenvalue weighted by molar-refractivity contribution is -0.00914. The number of halogens is 2. The summed E-state index contributed by atoms with van der Waals surface area (Å²) >= 11 is 0. The number of fused-ring (bicyclic) bond motifs is 1. The molecule has 0 radical (unpaired) electrons. The van der Waals surface area contributed by atoms with E-state index in [-0.39, 0.29) is 0 Å². The third-order valence-corrected chi connectivity index (χ3v) is 3.38. The highest BCUT2D eigenvalue weighted by Crippen LogP contribution is 2.36. The number of likely N-dealkylation sites (tertiary alicyclic amines) is 1. The Hall–Kier alpha value is -0.910. The van der Waals surface area contributed by atoms with Gasteiger partial charge in [-0.1, -0.05) is 13.3 Å². The number of carbonyl (C=O) groups excluding carboxylic acids is 1. The average Bonchev–Trinajstić information content (AvgIpc) is 2.82. The van der Waals surface area contributed by atoms with Gasteiger partial charge >= 0.3 is 6.09 Å². The number of nitrogens with zero attached hydrogens (tertiary/aromatic N) is 1. The largest absolute Gasteiger partial charge is 0.449 e. The maximum absolute atomic E-state index is 13.6. The lowest BCUT2D eigenvalue weighted by Gasteiger charge is -2.21. The summed E-state index contributed by atoms with van der Waals surface area (Å²) in [6, 6.07) is -1.32. The highest BCUT2D eigenvalue weighted by atomic mass is 19.3. The van der Waals surface area contributed by atoms with Crippen molar-refractivity contribution in [2.45, 2.75) is 44.2 Å². The molecule has 1 N–H and O–H groups in total. The average molecular weight is 248 g/mol. The number of rotatable bonds is 3. The molecule has 0 aromatic heterocycles. The summed E-state index contributed by atoms with van der Waals surface area (Å²) in [5.41, 5.74) is 0. The molecule has 2 heterocycles. The molecule has 0 saturated carbocycles. The van der Waals surface area contributed by atoms with E-state index >= 15 is 0 Å². The van der Waals surface area contributed by atoms with Crippen LogP contribution >= 0.6 is 0 Å². The third kappa shape index (κ3) is 2.36. The molecule has 0 aromatic rings. The summed E-state index contributed by atoms with van der Waals surface area (Å²) < 4.78 is 32.2. The molecule has 0 aliphatic carbocycles. The van der Waals surface area contributed by atoms with Crippen molar-refractivity contribution >= 4 is 6.09 Å². The molecule has 2 atom stereocenters. The maximum Gasteiger partial charge on any atom is 0.410 e. The van der Waals surface area contributed by atoms with Crippen LogP contribution in [0.1, 0.15) is 26.2 Å². The van der Waals surface area contributed by atoms with Crippen LogP contribution < -0.4 is 5.32 Å². The maximum atomic E-state index is 13.6. The number of hydrogen-bond acceptors (Lipinski definition) is 3. The van der Waals surface area contributed by atoms with E-state index in [1.54, 1.807) is 0 Å². The summed E-state index contributed by atoms with van der Waals surface area (Å²) in [5, 5.41) is 2.76. The van der Waals surface area contributed by atoms with Gasteiger partial charge in [0.05, 0.1) is 25.2 Å². The molecule has 17 heavy (non-hydrogen) atoms. The molecule has 2 unspecified atom stereocenters. The van der Waals surface area contributed by atoms with Crippen molar-refractivity contribution in [1.82, 2.24) is 10.2 Å². The molecule has 0 spiro atoms. The van der Waals surface area contributed by atoms with Gasteiger partial charge in [0.1, 0.15) is 0 Å². The van der Waals surface area contributed by atoms with Crippen molar-refractivity contribution < 1.29 is 18.3 Å². The molecule has 2 rings (SSSR count). The summed E-state index contributed by atoms with van der Waals surface area (Å²) in [6.07, 6.45) is 1.65. The molecule has 2 fully saturated rings. The minimum Gasteiger partial charge on any atom is -0.449 e. The first-order valence-electron chi connectivity index (χ1n) is 6.11. The molecule has 0 bridgehead atoms. The molecule has 1 amide bonds. The smallest absolute Gasteiger partial charge is 0.410 e. The minimum atomic E-state index is -2.84. The van der Waals surface area contributed by atoms with Crippen LogP contribution in [0.15, 0.2) is 0 Å². The first-order valence-corrected chi connectivity index (χ1v) is 6.11. The summed E-state index contributed by atoms with van der Waals surface area (Å²) in [4.78, 5) is 12.9. The second-order valence-electron chi connectivity index (χ2n) is 4.64. The van der Waals surface area contributed by atoms with Crippen molar-refractivity contribution in [3.8, 4) is 0 Å². The fourth-order valence-corrected chi connectivity index (χ4v) is 2.49. The van der Waals surface area contributed by atoms with Gasteiger partial charge in [-0.05, 0) is 19.4 Å². The lowest BCUT2D eigenvalue weighted by atomic mass is 10.1. The Morgan fingerprint density at radius 1 is 1.59 bits per heavy atom. The lowest BCUT2D eigenvalue weighted by Crippen LogP contribution is -2.42. The zero-order valence-corrected chi connectivity index (χ0v) is 9.92. The van der Waals surface area contributed by atoms with Crippen LogP contribution in [-0.4, -0.2) is 48.7 Å². The van der Waals surface area contributed by atoms with Gasteiger partial charge in [0.2, 0.25) is 0 Å². The number of hydrogen-bond donors (Lipinski definition) is 1. The fourth-order valence-electron chi connectivity index (χ4n) is 2.49. The number of unbranched alkanes of at least 4 members (excludes halogenated alkanes) is 1. The Morgan fingerprint density at radius 2 is 2.35 bits per heavy atom. The van der Waals surface area contributed by atoms with E-state index in [4.69, 9.17) is 4.74 Å². The van der Waals surface area contributed by atoms with E-state index in [0.29, 0.717) is 19.6 Å². The Morgan fingerprint density at radius 3 is 3.06 bits per heavy atom. The molecule has 2 aliphatic rings. The first kappa shape index (κ1) is 12.5. The quantitative estimate of drug-likeness (QED) is 0.771. The van der Waals surface area contributed by atoms with Crippen LogP contribution in [0, 0.1) is 0 Å². The third-order valence-electron chi connectivity index (χ3n) is 3.38. The molecule has 6 heteroatoms. The zero-order valence-electron chi connectivity index (χ0n) is 9.92. The molecule has 4 nitrogen and oxygen atoms in total. The molecular formula is C11H18F2N2O2. The van der Waals surface area contributed by atoms with Crippen LogP contribution in [0.25, 0.3) is 0 Å². The monoisotopic (exact) mass is 248 g/mol. The van der Waals surface area contributed by atoms with Crippen LogP contribution in [0.2, 0.25) is 0 Å². The molecule has 98 valence electrons. The molecular weight excluding hydrogens is 230 g/mol. The van der Waals surface area contributed by atoms with E-state index < -0.39 is 30.6 Å². The normalized spacial score (nSPS) is 30.4. The van der Waals surface area contributed by atoms with Gasteiger partial charge < -0.3 is 10.1 Å². The van der Waals surface area contributed by atoms with Crippen LogP contribution in [0.5, 0.6) is 0 Å². The van der Waals surface area contributed by atoms with Gasteiger partial charge in [-0.15, -0.1) is 0 Å². The van der Waals surface area contributed by atoms with E-state index in [1.807, 2.05) is 6.92 Å². The van der Waals surface area contributed by atoms with Crippen molar-refractivity contribution in [3.05, 3.63) is 0 Å². The number of carbonyl (C=O) groups is 1. The zero-order chi connectivity index (χ0) is 12.5. The number of alkyl halides is 2. The Kier molecular flexibility index (Phi) is 3.51. The second-order valence-corrected chi connectivity index (χ2v) is 4.64. The van der Waals surface area contributed by atoms with E-state index in [0.717, 1.165) is 12.8 Å². The van der Waals surface area contributed by atoms with Crippen molar-refractivity contribution in [2.75, 3.05) is 19.7 Å². The van der Waals surface area contributed by atoms with Crippen LogP contribution in [0.4, 0.5) is 13.6 Å². The first-order chi connectivity index (χ1) is 8.06. The molecule has 2 saturated heterocycles. The minimum absolute atomic E-state index is 0.308. The van der Waals surface area contributed by atoms with E-state index in [1.165, 1.54) is 4.90 Å². The van der Waals surface area contributed by atoms with Crippen molar-refractivity contribution in [3.63, 3.8) is 0 Å². The van der Waals surface area contributed by atoms with Gasteiger partial charge in [-0.25, -0.2) is 13.6 Å². The second kappa shape index (κ2) is 4.76. The predicted molar refractivity (Wildman–Crippen MR) is 58.1 cm³/mol. The SMILES string of the molecule is CCCCOC(=O)N1CC(F)(F)C2NCCC21. The topological polar surface area (TPSA) is 41.6 Å². The number of amides is 1. The van der Waals surface area contributed by atoms with Gasteiger partial charge in [0.15, 0.2) is 0 Å². The Bertz CT molecular complexity index is 299. The van der Waals surface area contributed by atoms with Gasteiger partial charge in [0, 0.05) is 0 Å². The summed E-state index contributed by atoms with van der Waals surface area (Å²) in [5.74, 6) is -2.84. The fraction of sp³-hybridized carbons (Fsp3) is 0.909. The van der Waals surface area contributed by atoms with Gasteiger partial charge in [-0.3, -0.25) is 4.90 Å². The summed E-state index contributed by atoms with van der Waals surface area (Å²) in [7, 11) is 0. The molecule has 0 aromatic carbocycles. The Balaban J connectivity index is 1.95. The summed E-state index contributed by atoms with van der Waals surface area (Å²) in [6.45, 7) is 2.29. The predicted octanol–water partition coefficient (Wildman–Crippen LogP) is 1.60. The van der Waals surface area contributed by atoms with Crippen molar-refractivity contribution in [1.29, 1.82) is 0 Å². The van der Waals surface area contributed by atoms with Gasteiger partial charge in [0.25, 0.3) is 5.92 Å². The van der Waals surface area contributed by atoms with Crippen molar-refractivity contribution in [2.24, 2.45) is 0 Å². The standard InChI is InChI=1S/C11H18F2N2O2/c1-2-3-6-17-10(16)15-7-11(12,13)9-8(15)4-5-14-9/h8-9,14H,2-7H2,1H3. The highest BCUT2D eigenvalue weighted by molar-refractivity contribution is 5.69. The van der Waals surface area contributed by atoms with Crippen LogP contribution in [0.3, 0.4) is 0 Å². The number of nitrogens with one attached hydrogen (secondary N) is 1. The Labute approximate surface area is 99.3 Å². The van der Waals surface area contributed by atoms with Gasteiger partial charge in [-0.2, -0.15) is 0 Å². The highest BCUT2D eigenvalue weighted by Gasteiger charge is 2.58. The van der Waals surface area contributed by atoms with Crippen LogP contribution in [-0.2, 0) is 4.74 Å².